The first kappa shape index (κ1) is 10.9. The summed E-state index contributed by atoms with van der Waals surface area (Å²) in [5.41, 5.74) is 5.30. The fraction of sp³-hybridized carbons (Fsp3) is 0.909. The molecule has 0 aromatic carbocycles. The molecule has 0 amide bonds. The van der Waals surface area contributed by atoms with Gasteiger partial charge in [-0.1, -0.05) is 6.42 Å². The number of carbonyl (C=O) groups is 1. The van der Waals surface area contributed by atoms with E-state index in [4.69, 9.17) is 15.2 Å². The third-order valence-corrected chi connectivity index (χ3v) is 3.58. The molecule has 4 nitrogen and oxygen atoms in total. The Labute approximate surface area is 90.1 Å². The fourth-order valence-corrected chi connectivity index (χ4v) is 2.17. The van der Waals surface area contributed by atoms with Crippen molar-refractivity contribution in [3.63, 3.8) is 0 Å². The molecule has 2 aliphatic rings. The molecule has 0 aromatic heterocycles. The summed E-state index contributed by atoms with van der Waals surface area (Å²) in [5, 5.41) is 0. The Kier molecular flexibility index (Phi) is 3.26. The zero-order valence-electron chi connectivity index (χ0n) is 9.04. The molecule has 1 aliphatic heterocycles. The van der Waals surface area contributed by atoms with E-state index in [2.05, 4.69) is 0 Å². The predicted octanol–water partition coefficient (Wildman–Crippen LogP) is 0.838. The highest BCUT2D eigenvalue weighted by atomic mass is 16.6. The minimum atomic E-state index is -0.349. The van der Waals surface area contributed by atoms with Crippen molar-refractivity contribution in [1.29, 1.82) is 0 Å². The van der Waals surface area contributed by atoms with Crippen LogP contribution < -0.4 is 5.73 Å². The van der Waals surface area contributed by atoms with Gasteiger partial charge in [-0.05, 0) is 12.8 Å². The van der Waals surface area contributed by atoms with Crippen molar-refractivity contribution in [2.75, 3.05) is 19.8 Å². The first-order valence-corrected chi connectivity index (χ1v) is 5.76. The summed E-state index contributed by atoms with van der Waals surface area (Å²) in [5.74, 6) is -0.0804. The van der Waals surface area contributed by atoms with E-state index in [1.54, 1.807) is 0 Å². The van der Waals surface area contributed by atoms with Crippen LogP contribution in [0.1, 0.15) is 32.1 Å². The normalized spacial score (nSPS) is 25.7. The van der Waals surface area contributed by atoms with E-state index >= 15 is 0 Å². The van der Waals surface area contributed by atoms with Crippen LogP contribution in [-0.4, -0.2) is 31.8 Å². The zero-order chi connectivity index (χ0) is 10.7. The molecule has 0 spiro atoms. The Bertz CT molecular complexity index is 226. The number of nitrogens with two attached hydrogens (primary N) is 1. The lowest BCUT2D eigenvalue weighted by Gasteiger charge is -2.39. The molecule has 2 rings (SSSR count). The summed E-state index contributed by atoms with van der Waals surface area (Å²) >= 11 is 0. The molecule has 4 heteroatoms. The standard InChI is InChI=1S/C11H19NO3/c12-8-11(4-1-5-11)10(13)15-9-2-6-14-7-3-9/h9H,1-8,12H2. The SMILES string of the molecule is NCC1(C(=O)OC2CCOCC2)CCC1. The first-order chi connectivity index (χ1) is 7.27. The van der Waals surface area contributed by atoms with Crippen molar-refractivity contribution < 1.29 is 14.3 Å². The molecular formula is C11H19NO3. The van der Waals surface area contributed by atoms with Crippen molar-refractivity contribution in [2.45, 2.75) is 38.2 Å². The number of rotatable bonds is 3. The van der Waals surface area contributed by atoms with Gasteiger partial charge in [-0.2, -0.15) is 0 Å². The monoisotopic (exact) mass is 213 g/mol. The maximum absolute atomic E-state index is 11.9. The quantitative estimate of drug-likeness (QED) is 0.706. The fourth-order valence-electron chi connectivity index (χ4n) is 2.17. The van der Waals surface area contributed by atoms with Gasteiger partial charge in [-0.15, -0.1) is 0 Å². The van der Waals surface area contributed by atoms with E-state index in [9.17, 15) is 4.79 Å². The van der Waals surface area contributed by atoms with Crippen LogP contribution in [0.15, 0.2) is 0 Å². The molecule has 1 aliphatic carbocycles. The lowest BCUT2D eigenvalue weighted by Crippen LogP contribution is -2.47. The second kappa shape index (κ2) is 4.49. The Morgan fingerprint density at radius 2 is 2.07 bits per heavy atom. The summed E-state index contributed by atoms with van der Waals surface area (Å²) in [7, 11) is 0. The van der Waals surface area contributed by atoms with Gasteiger partial charge in [0.1, 0.15) is 6.10 Å². The van der Waals surface area contributed by atoms with Crippen molar-refractivity contribution in [3.8, 4) is 0 Å². The van der Waals surface area contributed by atoms with Gasteiger partial charge in [0.15, 0.2) is 0 Å². The minimum absolute atomic E-state index is 0.0512. The predicted molar refractivity (Wildman–Crippen MR) is 55.3 cm³/mol. The van der Waals surface area contributed by atoms with Crippen LogP contribution >= 0.6 is 0 Å². The molecular weight excluding hydrogens is 194 g/mol. The molecule has 0 unspecified atom stereocenters. The van der Waals surface area contributed by atoms with Crippen LogP contribution in [0.3, 0.4) is 0 Å². The maximum atomic E-state index is 11.9. The number of carbonyl (C=O) groups excluding carboxylic acids is 1. The highest BCUT2D eigenvalue weighted by molar-refractivity contribution is 5.78. The van der Waals surface area contributed by atoms with Crippen LogP contribution in [0, 0.1) is 5.41 Å². The van der Waals surface area contributed by atoms with Gasteiger partial charge in [-0.25, -0.2) is 0 Å². The smallest absolute Gasteiger partial charge is 0.313 e. The highest BCUT2D eigenvalue weighted by Crippen LogP contribution is 2.41. The average molecular weight is 213 g/mol. The third kappa shape index (κ3) is 2.16. The van der Waals surface area contributed by atoms with E-state index in [-0.39, 0.29) is 17.5 Å². The molecule has 2 fully saturated rings. The number of hydrogen-bond donors (Lipinski definition) is 1. The second-order valence-corrected chi connectivity index (χ2v) is 4.56. The van der Waals surface area contributed by atoms with Crippen molar-refractivity contribution in [3.05, 3.63) is 0 Å². The number of hydrogen-bond acceptors (Lipinski definition) is 4. The topological polar surface area (TPSA) is 61.6 Å². The Morgan fingerprint density at radius 1 is 1.40 bits per heavy atom. The van der Waals surface area contributed by atoms with Crippen LogP contribution in [-0.2, 0) is 14.3 Å². The van der Waals surface area contributed by atoms with Crippen molar-refractivity contribution in [1.82, 2.24) is 0 Å². The van der Waals surface area contributed by atoms with E-state index in [1.165, 1.54) is 0 Å². The van der Waals surface area contributed by atoms with Crippen LogP contribution in [0.2, 0.25) is 0 Å². The molecule has 1 saturated heterocycles. The molecule has 0 radical (unpaired) electrons. The second-order valence-electron chi connectivity index (χ2n) is 4.56. The lowest BCUT2D eigenvalue weighted by molar-refractivity contribution is -0.170. The molecule has 86 valence electrons. The summed E-state index contributed by atoms with van der Waals surface area (Å²) < 4.78 is 10.7. The van der Waals surface area contributed by atoms with Crippen LogP contribution in [0.4, 0.5) is 0 Å². The van der Waals surface area contributed by atoms with Gasteiger partial charge in [0.25, 0.3) is 0 Å². The van der Waals surface area contributed by atoms with Gasteiger partial charge < -0.3 is 15.2 Å². The third-order valence-electron chi connectivity index (χ3n) is 3.58. The molecule has 15 heavy (non-hydrogen) atoms. The first-order valence-electron chi connectivity index (χ1n) is 5.76. The highest BCUT2D eigenvalue weighted by Gasteiger charge is 2.45. The summed E-state index contributed by atoms with van der Waals surface area (Å²) in [6, 6.07) is 0. The number of esters is 1. The van der Waals surface area contributed by atoms with Crippen LogP contribution in [0.5, 0.6) is 0 Å². The molecule has 0 bridgehead atoms. The molecule has 0 atom stereocenters. The van der Waals surface area contributed by atoms with Gasteiger partial charge >= 0.3 is 5.97 Å². The molecule has 2 N–H and O–H groups in total. The van der Waals surface area contributed by atoms with E-state index in [0.29, 0.717) is 19.8 Å². The Hall–Kier alpha value is -0.610. The van der Waals surface area contributed by atoms with Crippen LogP contribution in [0.25, 0.3) is 0 Å². The maximum Gasteiger partial charge on any atom is 0.313 e. The summed E-state index contributed by atoms with van der Waals surface area (Å²) in [6.07, 6.45) is 4.59. The molecule has 1 heterocycles. The largest absolute Gasteiger partial charge is 0.462 e. The molecule has 0 aromatic rings. The van der Waals surface area contributed by atoms with Crippen molar-refractivity contribution >= 4 is 5.97 Å². The van der Waals surface area contributed by atoms with Gasteiger partial charge in [-0.3, -0.25) is 4.79 Å². The van der Waals surface area contributed by atoms with E-state index in [1.807, 2.05) is 0 Å². The zero-order valence-corrected chi connectivity index (χ0v) is 9.04. The average Bonchev–Trinajstić information content (AvgIpc) is 2.18. The van der Waals surface area contributed by atoms with Gasteiger partial charge in [0.05, 0.1) is 18.6 Å². The lowest BCUT2D eigenvalue weighted by atomic mass is 9.69. The molecule has 1 saturated carbocycles. The summed E-state index contributed by atoms with van der Waals surface area (Å²) in [4.78, 5) is 11.9. The minimum Gasteiger partial charge on any atom is -0.462 e. The van der Waals surface area contributed by atoms with Gasteiger partial charge in [0.2, 0.25) is 0 Å². The van der Waals surface area contributed by atoms with Crippen molar-refractivity contribution in [2.24, 2.45) is 11.1 Å². The Balaban J connectivity index is 1.85. The summed E-state index contributed by atoms with van der Waals surface area (Å²) in [6.45, 7) is 1.83. The number of ether oxygens (including phenoxy) is 2. The Morgan fingerprint density at radius 3 is 2.53 bits per heavy atom. The van der Waals surface area contributed by atoms with E-state index < -0.39 is 0 Å². The van der Waals surface area contributed by atoms with E-state index in [0.717, 1.165) is 32.1 Å². The van der Waals surface area contributed by atoms with Gasteiger partial charge in [0, 0.05) is 19.4 Å².